The van der Waals surface area contributed by atoms with Crippen LogP contribution in [0.15, 0.2) is 60.2 Å². The molecule has 4 aromatic rings. The molecule has 0 bridgehead atoms. The second-order valence-corrected chi connectivity index (χ2v) is 10.3. The van der Waals surface area contributed by atoms with Crippen LogP contribution in [0.4, 0.5) is 0 Å². The summed E-state index contributed by atoms with van der Waals surface area (Å²) in [7, 11) is 1.59. The number of nitrogens with zero attached hydrogens (tertiary/aromatic N) is 6. The van der Waals surface area contributed by atoms with E-state index in [1.807, 2.05) is 41.3 Å². The van der Waals surface area contributed by atoms with Crippen molar-refractivity contribution in [3.8, 4) is 11.8 Å². The minimum absolute atomic E-state index is 0.115. The van der Waals surface area contributed by atoms with Crippen LogP contribution >= 0.6 is 11.3 Å². The Morgan fingerprint density at radius 1 is 1.15 bits per heavy atom. The topological polar surface area (TPSA) is 112 Å². The van der Waals surface area contributed by atoms with Gasteiger partial charge < -0.3 is 14.5 Å². The number of pyridine rings is 2. The molecule has 1 saturated heterocycles. The van der Waals surface area contributed by atoms with Crippen molar-refractivity contribution in [1.29, 1.82) is 5.26 Å². The Labute approximate surface area is 230 Å². The van der Waals surface area contributed by atoms with Gasteiger partial charge in [-0.05, 0) is 36.6 Å². The highest BCUT2D eigenvalue weighted by molar-refractivity contribution is 7.09. The van der Waals surface area contributed by atoms with Crippen molar-refractivity contribution in [2.24, 2.45) is 0 Å². The number of carbonyl (C=O) groups excluding carboxylic acids is 2. The third-order valence-electron chi connectivity index (χ3n) is 6.87. The van der Waals surface area contributed by atoms with Crippen LogP contribution < -0.4 is 4.74 Å². The first-order valence-corrected chi connectivity index (χ1v) is 13.7. The van der Waals surface area contributed by atoms with Gasteiger partial charge in [-0.15, -0.1) is 11.3 Å². The molecule has 39 heavy (non-hydrogen) atoms. The minimum Gasteiger partial charge on any atom is -0.496 e. The Morgan fingerprint density at radius 3 is 2.72 bits per heavy atom. The molecule has 0 unspecified atom stereocenters. The van der Waals surface area contributed by atoms with E-state index in [1.165, 1.54) is 11.3 Å². The molecule has 0 spiro atoms. The number of nitriles is 1. The number of hydrogen-bond donors (Lipinski definition) is 0. The van der Waals surface area contributed by atoms with Gasteiger partial charge in [0.15, 0.2) is 0 Å². The SMILES string of the molecule is COc1cc(C(=O)N2CCC(c3nc(C(=O)N(CCC#N)Cc4cccnc4)cs3)CC2)nc2ccccc12. The Morgan fingerprint density at radius 2 is 1.97 bits per heavy atom. The van der Waals surface area contributed by atoms with Gasteiger partial charge in [0.1, 0.15) is 17.1 Å². The molecule has 1 aliphatic heterocycles. The number of methoxy groups -OCH3 is 1. The lowest BCUT2D eigenvalue weighted by Gasteiger charge is -2.31. The molecule has 2 amide bonds. The van der Waals surface area contributed by atoms with E-state index in [9.17, 15) is 9.59 Å². The first kappa shape index (κ1) is 26.3. The molecule has 4 heterocycles. The summed E-state index contributed by atoms with van der Waals surface area (Å²) in [6, 6.07) is 15.2. The van der Waals surface area contributed by atoms with Gasteiger partial charge in [0.25, 0.3) is 11.8 Å². The maximum atomic E-state index is 13.3. The van der Waals surface area contributed by atoms with Crippen LogP contribution in [0.5, 0.6) is 5.75 Å². The number of fused-ring (bicyclic) bond motifs is 1. The zero-order valence-electron chi connectivity index (χ0n) is 21.6. The molecule has 1 aliphatic rings. The first-order chi connectivity index (χ1) is 19.1. The molecule has 10 heteroatoms. The molecule has 0 saturated carbocycles. The Hall–Kier alpha value is -4.36. The molecule has 0 aliphatic carbocycles. The van der Waals surface area contributed by atoms with Crippen LogP contribution in [0.2, 0.25) is 0 Å². The number of carbonyl (C=O) groups is 2. The fourth-order valence-corrected chi connectivity index (χ4v) is 5.76. The van der Waals surface area contributed by atoms with E-state index in [4.69, 9.17) is 10.00 Å². The van der Waals surface area contributed by atoms with Crippen molar-refractivity contribution in [3.63, 3.8) is 0 Å². The Balaban J connectivity index is 1.24. The van der Waals surface area contributed by atoms with Gasteiger partial charge in [0.05, 0.1) is 30.1 Å². The molecule has 0 radical (unpaired) electrons. The number of aromatic nitrogens is 3. The summed E-state index contributed by atoms with van der Waals surface area (Å²) in [5, 5.41) is 12.6. The van der Waals surface area contributed by atoms with Crippen molar-refractivity contribution in [3.05, 3.63) is 82.2 Å². The Bertz CT molecular complexity index is 1510. The van der Waals surface area contributed by atoms with Crippen LogP contribution in [-0.2, 0) is 6.54 Å². The average Bonchev–Trinajstić information content (AvgIpc) is 3.49. The van der Waals surface area contributed by atoms with E-state index in [0.29, 0.717) is 43.3 Å². The third kappa shape index (κ3) is 5.89. The molecule has 3 aromatic heterocycles. The third-order valence-corrected chi connectivity index (χ3v) is 7.87. The van der Waals surface area contributed by atoms with Gasteiger partial charge in [-0.1, -0.05) is 18.2 Å². The lowest BCUT2D eigenvalue weighted by Crippen LogP contribution is -2.38. The molecule has 0 N–H and O–H groups in total. The van der Waals surface area contributed by atoms with Gasteiger partial charge in [-0.3, -0.25) is 14.6 Å². The highest BCUT2D eigenvalue weighted by atomic mass is 32.1. The Kier molecular flexibility index (Phi) is 8.08. The number of benzene rings is 1. The van der Waals surface area contributed by atoms with Gasteiger partial charge in [-0.25, -0.2) is 9.97 Å². The molecule has 1 fully saturated rings. The second kappa shape index (κ2) is 12.0. The molecular weight excluding hydrogens is 512 g/mol. The van der Waals surface area contributed by atoms with Crippen LogP contribution in [0.1, 0.15) is 56.7 Å². The normalized spacial score (nSPS) is 13.7. The minimum atomic E-state index is -0.194. The maximum Gasteiger partial charge on any atom is 0.273 e. The molecule has 0 atom stereocenters. The number of likely N-dealkylation sites (tertiary alicyclic amines) is 1. The standard InChI is InChI=1S/C29H28N6O3S/c1-38-26-16-24(32-23-8-3-2-7-22(23)26)28(36)34-14-9-21(10-15-34)27-33-25(19-39-27)29(37)35(13-5-11-30)18-20-6-4-12-31-17-20/h2-4,6-8,12,16-17,19,21H,5,9-10,13-15,18H2,1H3. The lowest BCUT2D eigenvalue weighted by molar-refractivity contribution is 0.0707. The zero-order valence-corrected chi connectivity index (χ0v) is 22.4. The van der Waals surface area contributed by atoms with Crippen LogP contribution in [0.25, 0.3) is 10.9 Å². The number of ether oxygens (including phenoxy) is 1. The predicted molar refractivity (Wildman–Crippen MR) is 147 cm³/mol. The molecule has 5 rings (SSSR count). The van der Waals surface area contributed by atoms with Crippen LogP contribution in [-0.4, -0.2) is 63.3 Å². The number of para-hydroxylation sites is 1. The van der Waals surface area contributed by atoms with E-state index in [2.05, 4.69) is 21.0 Å². The summed E-state index contributed by atoms with van der Waals surface area (Å²) in [5.74, 6) is 0.494. The fraction of sp³-hybridized carbons (Fsp3) is 0.310. The summed E-state index contributed by atoms with van der Waals surface area (Å²) >= 11 is 1.48. The van der Waals surface area contributed by atoms with E-state index < -0.39 is 0 Å². The smallest absolute Gasteiger partial charge is 0.273 e. The van der Waals surface area contributed by atoms with E-state index in [0.717, 1.165) is 34.3 Å². The highest BCUT2D eigenvalue weighted by Crippen LogP contribution is 2.32. The zero-order chi connectivity index (χ0) is 27.2. The van der Waals surface area contributed by atoms with Gasteiger partial charge in [0, 0.05) is 61.3 Å². The summed E-state index contributed by atoms with van der Waals surface area (Å²) in [6.45, 7) is 1.86. The van der Waals surface area contributed by atoms with Crippen molar-refractivity contribution in [2.45, 2.75) is 31.7 Å². The van der Waals surface area contributed by atoms with E-state index in [-0.39, 0.29) is 24.2 Å². The lowest BCUT2D eigenvalue weighted by atomic mass is 9.97. The van der Waals surface area contributed by atoms with Crippen molar-refractivity contribution >= 4 is 34.1 Å². The fourth-order valence-electron chi connectivity index (χ4n) is 4.80. The molecule has 1 aromatic carbocycles. The molecular formula is C29H28N6O3S. The van der Waals surface area contributed by atoms with Crippen molar-refractivity contribution in [1.82, 2.24) is 24.8 Å². The van der Waals surface area contributed by atoms with Gasteiger partial charge >= 0.3 is 0 Å². The van der Waals surface area contributed by atoms with Crippen LogP contribution in [0.3, 0.4) is 0 Å². The van der Waals surface area contributed by atoms with E-state index in [1.54, 1.807) is 35.8 Å². The molecule has 198 valence electrons. The largest absolute Gasteiger partial charge is 0.496 e. The number of piperidine rings is 1. The first-order valence-electron chi connectivity index (χ1n) is 12.8. The molecule has 9 nitrogen and oxygen atoms in total. The van der Waals surface area contributed by atoms with E-state index >= 15 is 0 Å². The number of thiazole rings is 1. The van der Waals surface area contributed by atoms with Gasteiger partial charge in [-0.2, -0.15) is 5.26 Å². The quantitative estimate of drug-likeness (QED) is 0.319. The summed E-state index contributed by atoms with van der Waals surface area (Å²) < 4.78 is 5.51. The summed E-state index contributed by atoms with van der Waals surface area (Å²) in [5.41, 5.74) is 2.39. The average molecular weight is 541 g/mol. The monoisotopic (exact) mass is 540 g/mol. The maximum absolute atomic E-state index is 13.3. The highest BCUT2D eigenvalue weighted by Gasteiger charge is 2.29. The number of hydrogen-bond acceptors (Lipinski definition) is 8. The van der Waals surface area contributed by atoms with Crippen molar-refractivity contribution < 1.29 is 14.3 Å². The summed E-state index contributed by atoms with van der Waals surface area (Å²) in [6.07, 6.45) is 5.16. The van der Waals surface area contributed by atoms with Crippen LogP contribution in [0, 0.1) is 11.3 Å². The van der Waals surface area contributed by atoms with Crippen molar-refractivity contribution in [2.75, 3.05) is 26.7 Å². The number of rotatable bonds is 8. The predicted octanol–water partition coefficient (Wildman–Crippen LogP) is 4.67. The number of amides is 2. The summed E-state index contributed by atoms with van der Waals surface area (Å²) in [4.78, 5) is 43.4. The van der Waals surface area contributed by atoms with Gasteiger partial charge in [0.2, 0.25) is 0 Å². The second-order valence-electron chi connectivity index (χ2n) is 9.36.